The number of para-hydroxylation sites is 1. The summed E-state index contributed by atoms with van der Waals surface area (Å²) in [4.78, 5) is 3.96. The third kappa shape index (κ3) is 2.13. The van der Waals surface area contributed by atoms with Crippen molar-refractivity contribution < 1.29 is 23.4 Å². The molecule has 4 N–H and O–H groups in total. The first-order valence-electron chi connectivity index (χ1n) is 6.46. The number of aliphatic hydroxyl groups is 2. The quantitative estimate of drug-likeness (QED) is 0.698. The summed E-state index contributed by atoms with van der Waals surface area (Å²) in [5, 5.41) is 20.1. The number of nitrogen functional groups attached to an aromatic ring is 1. The van der Waals surface area contributed by atoms with Gasteiger partial charge < -0.3 is 15.9 Å². The van der Waals surface area contributed by atoms with Gasteiger partial charge in [0.1, 0.15) is 0 Å². The van der Waals surface area contributed by atoms with Gasteiger partial charge in [0, 0.05) is 16.6 Å². The first-order chi connectivity index (χ1) is 9.80. The van der Waals surface area contributed by atoms with Crippen LogP contribution in [0.2, 0.25) is 0 Å². The van der Waals surface area contributed by atoms with Crippen LogP contribution in [0.1, 0.15) is 41.9 Å². The first kappa shape index (κ1) is 14.1. The van der Waals surface area contributed by atoms with Gasteiger partial charge in [0.15, 0.2) is 0 Å². The maximum absolute atomic E-state index is 13.1. The highest BCUT2D eigenvalue weighted by atomic mass is 19.4. The molecule has 2 unspecified atom stereocenters. The lowest BCUT2D eigenvalue weighted by Gasteiger charge is -2.27. The van der Waals surface area contributed by atoms with E-state index in [0.29, 0.717) is 6.42 Å². The van der Waals surface area contributed by atoms with Gasteiger partial charge in [-0.25, -0.2) is 4.98 Å². The Labute approximate surface area is 118 Å². The number of nitrogens with zero attached hydrogens (tertiary/aromatic N) is 1. The Morgan fingerprint density at radius 2 is 1.81 bits per heavy atom. The second-order valence-electron chi connectivity index (χ2n) is 5.13. The fourth-order valence-electron chi connectivity index (χ4n) is 2.77. The molecule has 2 aromatic rings. The molecule has 3 rings (SSSR count). The van der Waals surface area contributed by atoms with Crippen LogP contribution in [0, 0.1) is 0 Å². The predicted octanol–water partition coefficient (Wildman–Crippen LogP) is 2.70. The lowest BCUT2D eigenvalue weighted by atomic mass is 9.88. The van der Waals surface area contributed by atoms with Crippen LogP contribution in [0.5, 0.6) is 0 Å². The molecule has 4 nitrogen and oxygen atoms in total. The molecule has 21 heavy (non-hydrogen) atoms. The zero-order valence-corrected chi connectivity index (χ0v) is 10.9. The number of pyridine rings is 1. The van der Waals surface area contributed by atoms with E-state index < -0.39 is 23.9 Å². The van der Waals surface area contributed by atoms with Crippen LogP contribution >= 0.6 is 0 Å². The molecule has 0 bridgehead atoms. The van der Waals surface area contributed by atoms with E-state index in [4.69, 9.17) is 5.73 Å². The Kier molecular flexibility index (Phi) is 3.07. The minimum atomic E-state index is -4.56. The number of nitrogens with two attached hydrogens (primary N) is 1. The molecule has 0 radical (unpaired) electrons. The van der Waals surface area contributed by atoms with Crippen molar-refractivity contribution in [3.63, 3.8) is 0 Å². The zero-order chi connectivity index (χ0) is 15.4. The summed E-state index contributed by atoms with van der Waals surface area (Å²) in [5.74, 6) is 0. The average molecular weight is 298 g/mol. The van der Waals surface area contributed by atoms with Gasteiger partial charge in [-0.15, -0.1) is 0 Å². The molecule has 1 aromatic heterocycles. The van der Waals surface area contributed by atoms with Gasteiger partial charge in [0.05, 0.1) is 29.0 Å². The summed E-state index contributed by atoms with van der Waals surface area (Å²) in [6.45, 7) is 0. The molecule has 1 aliphatic rings. The molecule has 112 valence electrons. The Balaban J connectivity index is 2.39. The van der Waals surface area contributed by atoms with Crippen molar-refractivity contribution in [2.45, 2.75) is 31.2 Å². The highest BCUT2D eigenvalue weighted by molar-refractivity contribution is 5.94. The van der Waals surface area contributed by atoms with Gasteiger partial charge in [-0.05, 0) is 18.9 Å². The number of anilines is 1. The number of aliphatic hydroxyl groups excluding tert-OH is 2. The molecule has 0 amide bonds. The van der Waals surface area contributed by atoms with E-state index in [1.165, 1.54) is 12.1 Å². The first-order valence-corrected chi connectivity index (χ1v) is 6.46. The molecular weight excluding hydrogens is 285 g/mol. The maximum Gasteiger partial charge on any atom is 0.418 e. The van der Waals surface area contributed by atoms with Gasteiger partial charge in [-0.3, -0.25) is 0 Å². The standard InChI is InChI=1S/C14H13F3N2O2/c15-14(16,17)7-3-1-2-6-11(18)10-8(20)4-5-9(21)13(10)19-12(6)7/h1-3,8-9,20-21H,4-5H2,(H2,18,19). The van der Waals surface area contributed by atoms with E-state index in [1.807, 2.05) is 0 Å². The monoisotopic (exact) mass is 298 g/mol. The van der Waals surface area contributed by atoms with Crippen LogP contribution in [0.4, 0.5) is 18.9 Å². The highest BCUT2D eigenvalue weighted by Gasteiger charge is 2.36. The lowest BCUT2D eigenvalue weighted by molar-refractivity contribution is -0.136. The molecule has 1 aliphatic carbocycles. The molecule has 0 aliphatic heterocycles. The van der Waals surface area contributed by atoms with Gasteiger partial charge in [0.2, 0.25) is 0 Å². The molecule has 2 atom stereocenters. The zero-order valence-electron chi connectivity index (χ0n) is 10.9. The van der Waals surface area contributed by atoms with Crippen LogP contribution in [-0.2, 0) is 6.18 Å². The van der Waals surface area contributed by atoms with Crippen LogP contribution in [-0.4, -0.2) is 15.2 Å². The summed E-state index contributed by atoms with van der Waals surface area (Å²) in [5.41, 5.74) is 5.05. The third-order valence-electron chi connectivity index (χ3n) is 3.79. The molecule has 7 heteroatoms. The number of halogens is 3. The van der Waals surface area contributed by atoms with Crippen molar-refractivity contribution in [1.82, 2.24) is 4.98 Å². The predicted molar refractivity (Wildman–Crippen MR) is 70.3 cm³/mol. The lowest BCUT2D eigenvalue weighted by Crippen LogP contribution is -2.19. The largest absolute Gasteiger partial charge is 0.418 e. The SMILES string of the molecule is Nc1c2c(nc3c(C(F)(F)F)cccc13)C(O)CCC2O. The molecular formula is C14H13F3N2O2. The van der Waals surface area contributed by atoms with E-state index in [0.717, 1.165) is 6.07 Å². The van der Waals surface area contributed by atoms with Crippen molar-refractivity contribution in [3.05, 3.63) is 35.0 Å². The minimum absolute atomic E-state index is 0.0375. The van der Waals surface area contributed by atoms with Crippen molar-refractivity contribution >= 4 is 16.6 Å². The second kappa shape index (κ2) is 4.57. The molecule has 1 heterocycles. The number of alkyl halides is 3. The molecule has 0 fully saturated rings. The summed E-state index contributed by atoms with van der Waals surface area (Å²) in [7, 11) is 0. The van der Waals surface area contributed by atoms with Crippen LogP contribution in [0.15, 0.2) is 18.2 Å². The topological polar surface area (TPSA) is 79.4 Å². The van der Waals surface area contributed by atoms with Crippen LogP contribution in [0.25, 0.3) is 10.9 Å². The van der Waals surface area contributed by atoms with E-state index in [-0.39, 0.29) is 34.3 Å². The number of aromatic nitrogens is 1. The fraction of sp³-hybridized carbons (Fsp3) is 0.357. The van der Waals surface area contributed by atoms with Crippen molar-refractivity contribution in [2.75, 3.05) is 5.73 Å². The van der Waals surface area contributed by atoms with Gasteiger partial charge in [-0.2, -0.15) is 13.2 Å². The number of hydrogen-bond acceptors (Lipinski definition) is 4. The number of benzene rings is 1. The molecule has 0 spiro atoms. The summed E-state index contributed by atoms with van der Waals surface area (Å²) in [6, 6.07) is 3.61. The minimum Gasteiger partial charge on any atom is -0.398 e. The van der Waals surface area contributed by atoms with Gasteiger partial charge >= 0.3 is 6.18 Å². The van der Waals surface area contributed by atoms with E-state index in [1.54, 1.807) is 0 Å². The van der Waals surface area contributed by atoms with Crippen LogP contribution in [0.3, 0.4) is 0 Å². The van der Waals surface area contributed by atoms with E-state index in [2.05, 4.69) is 4.98 Å². The summed E-state index contributed by atoms with van der Waals surface area (Å²) in [6.07, 6.45) is -5.97. The van der Waals surface area contributed by atoms with Crippen molar-refractivity contribution in [3.8, 4) is 0 Å². The maximum atomic E-state index is 13.1. The molecule has 1 aromatic carbocycles. The second-order valence-corrected chi connectivity index (χ2v) is 5.13. The summed E-state index contributed by atoms with van der Waals surface area (Å²) >= 11 is 0. The molecule has 0 saturated heterocycles. The summed E-state index contributed by atoms with van der Waals surface area (Å²) < 4.78 is 39.2. The number of rotatable bonds is 0. The van der Waals surface area contributed by atoms with Gasteiger partial charge in [0.25, 0.3) is 0 Å². The Hall–Kier alpha value is -1.86. The van der Waals surface area contributed by atoms with Crippen molar-refractivity contribution in [1.29, 1.82) is 0 Å². The van der Waals surface area contributed by atoms with Crippen LogP contribution < -0.4 is 5.73 Å². The molecule has 0 saturated carbocycles. The van der Waals surface area contributed by atoms with Crippen molar-refractivity contribution in [2.24, 2.45) is 0 Å². The third-order valence-corrected chi connectivity index (χ3v) is 3.79. The van der Waals surface area contributed by atoms with E-state index in [9.17, 15) is 23.4 Å². The Morgan fingerprint density at radius 3 is 2.48 bits per heavy atom. The van der Waals surface area contributed by atoms with Gasteiger partial charge in [-0.1, -0.05) is 12.1 Å². The number of fused-ring (bicyclic) bond motifs is 2. The van der Waals surface area contributed by atoms with E-state index >= 15 is 0 Å². The average Bonchev–Trinajstić information content (AvgIpc) is 2.41. The smallest absolute Gasteiger partial charge is 0.398 e. The Morgan fingerprint density at radius 1 is 1.14 bits per heavy atom. The fourth-order valence-corrected chi connectivity index (χ4v) is 2.77. The Bertz CT molecular complexity index is 715. The highest BCUT2D eigenvalue weighted by Crippen LogP contribution is 2.43. The number of hydrogen-bond donors (Lipinski definition) is 3. The normalized spacial score (nSPS) is 22.3.